The minimum atomic E-state index is 0.355. The van der Waals surface area contributed by atoms with Gasteiger partial charge in [-0.25, -0.2) is 0 Å². The third-order valence-electron chi connectivity index (χ3n) is 3.40. The standard InChI is InChI=1S/C14H21NS/c1-9-6-7-11-13(10(9)2)15-8-12(16-11)14(3,4)5/h6-7,12,15H,8H2,1-5H3. The molecule has 1 nitrogen and oxygen atoms in total. The zero-order valence-electron chi connectivity index (χ0n) is 10.8. The number of nitrogens with one attached hydrogen (secondary N) is 1. The second-order valence-corrected chi connectivity index (χ2v) is 6.98. The van der Waals surface area contributed by atoms with Crippen molar-refractivity contribution in [2.75, 3.05) is 11.9 Å². The van der Waals surface area contributed by atoms with Crippen molar-refractivity contribution in [3.8, 4) is 0 Å². The molecule has 0 aliphatic carbocycles. The van der Waals surface area contributed by atoms with Crippen molar-refractivity contribution in [3.05, 3.63) is 23.3 Å². The van der Waals surface area contributed by atoms with Gasteiger partial charge in [-0.3, -0.25) is 0 Å². The van der Waals surface area contributed by atoms with Crippen molar-refractivity contribution in [3.63, 3.8) is 0 Å². The first-order valence-corrected chi connectivity index (χ1v) is 6.78. The highest BCUT2D eigenvalue weighted by Crippen LogP contribution is 2.43. The van der Waals surface area contributed by atoms with Crippen LogP contribution in [-0.2, 0) is 0 Å². The fourth-order valence-corrected chi connectivity index (χ4v) is 3.30. The van der Waals surface area contributed by atoms with Gasteiger partial charge in [0, 0.05) is 16.7 Å². The molecule has 2 heteroatoms. The molecule has 88 valence electrons. The van der Waals surface area contributed by atoms with Gasteiger partial charge >= 0.3 is 0 Å². The van der Waals surface area contributed by atoms with Gasteiger partial charge in [-0.05, 0) is 36.5 Å². The van der Waals surface area contributed by atoms with E-state index in [1.807, 2.05) is 11.8 Å². The Morgan fingerprint density at radius 3 is 2.56 bits per heavy atom. The number of aryl methyl sites for hydroxylation is 1. The molecule has 1 unspecified atom stereocenters. The maximum absolute atomic E-state index is 3.61. The van der Waals surface area contributed by atoms with Crippen LogP contribution in [0, 0.1) is 19.3 Å². The van der Waals surface area contributed by atoms with E-state index in [1.165, 1.54) is 21.7 Å². The number of hydrogen-bond donors (Lipinski definition) is 1. The molecule has 0 spiro atoms. The van der Waals surface area contributed by atoms with Crippen molar-refractivity contribution in [2.24, 2.45) is 5.41 Å². The summed E-state index contributed by atoms with van der Waals surface area (Å²) in [5, 5.41) is 4.26. The fourth-order valence-electron chi connectivity index (χ4n) is 1.98. The Balaban J connectivity index is 2.33. The van der Waals surface area contributed by atoms with Gasteiger partial charge in [0.1, 0.15) is 0 Å². The zero-order chi connectivity index (χ0) is 11.9. The molecule has 1 atom stereocenters. The van der Waals surface area contributed by atoms with E-state index in [4.69, 9.17) is 0 Å². The molecular weight excluding hydrogens is 214 g/mol. The van der Waals surface area contributed by atoms with Crippen LogP contribution in [0.4, 0.5) is 5.69 Å². The fraction of sp³-hybridized carbons (Fsp3) is 0.571. The van der Waals surface area contributed by atoms with Gasteiger partial charge in [0.25, 0.3) is 0 Å². The Hall–Kier alpha value is -0.630. The first-order valence-electron chi connectivity index (χ1n) is 5.90. The monoisotopic (exact) mass is 235 g/mol. The van der Waals surface area contributed by atoms with Gasteiger partial charge < -0.3 is 5.32 Å². The Morgan fingerprint density at radius 2 is 1.94 bits per heavy atom. The summed E-state index contributed by atoms with van der Waals surface area (Å²) in [4.78, 5) is 1.41. The van der Waals surface area contributed by atoms with E-state index in [9.17, 15) is 0 Å². The van der Waals surface area contributed by atoms with E-state index in [2.05, 4.69) is 52.1 Å². The lowest BCUT2D eigenvalue weighted by atomic mass is 9.91. The molecule has 1 aliphatic rings. The Morgan fingerprint density at radius 1 is 1.25 bits per heavy atom. The van der Waals surface area contributed by atoms with Gasteiger partial charge in [-0.1, -0.05) is 26.8 Å². The summed E-state index contributed by atoms with van der Waals surface area (Å²) in [6, 6.07) is 4.49. The minimum absolute atomic E-state index is 0.355. The maximum atomic E-state index is 3.61. The summed E-state index contributed by atoms with van der Waals surface area (Å²) < 4.78 is 0. The Kier molecular flexibility index (Phi) is 2.95. The SMILES string of the molecule is Cc1ccc2c(c1C)NCC(C(C)(C)C)S2. The third kappa shape index (κ3) is 2.08. The molecule has 16 heavy (non-hydrogen) atoms. The van der Waals surface area contributed by atoms with E-state index in [-0.39, 0.29) is 0 Å². The summed E-state index contributed by atoms with van der Waals surface area (Å²) in [6.07, 6.45) is 0. The average molecular weight is 235 g/mol. The third-order valence-corrected chi connectivity index (χ3v) is 5.15. The lowest BCUT2D eigenvalue weighted by molar-refractivity contribution is 0.401. The summed E-state index contributed by atoms with van der Waals surface area (Å²) in [7, 11) is 0. The van der Waals surface area contributed by atoms with Crippen molar-refractivity contribution >= 4 is 17.4 Å². The molecule has 2 rings (SSSR count). The molecule has 0 saturated heterocycles. The molecule has 0 bridgehead atoms. The maximum Gasteiger partial charge on any atom is 0.0511 e. The van der Waals surface area contributed by atoms with Gasteiger partial charge in [0.2, 0.25) is 0 Å². The quantitative estimate of drug-likeness (QED) is 0.722. The van der Waals surface area contributed by atoms with Crippen molar-refractivity contribution in [1.29, 1.82) is 0 Å². The van der Waals surface area contributed by atoms with E-state index in [0.717, 1.165) is 6.54 Å². The Bertz CT molecular complexity index is 404. The van der Waals surface area contributed by atoms with Crippen LogP contribution < -0.4 is 5.32 Å². The predicted molar refractivity (Wildman–Crippen MR) is 73.5 cm³/mol. The molecular formula is C14H21NS. The second kappa shape index (κ2) is 3.99. The number of anilines is 1. The molecule has 1 aromatic carbocycles. The number of fused-ring (bicyclic) bond motifs is 1. The van der Waals surface area contributed by atoms with Gasteiger partial charge in [-0.2, -0.15) is 0 Å². The smallest absolute Gasteiger partial charge is 0.0511 e. The van der Waals surface area contributed by atoms with Gasteiger partial charge in [0.15, 0.2) is 0 Å². The van der Waals surface area contributed by atoms with E-state index < -0.39 is 0 Å². The molecule has 0 radical (unpaired) electrons. The highest BCUT2D eigenvalue weighted by molar-refractivity contribution is 8.00. The van der Waals surface area contributed by atoms with Crippen LogP contribution in [0.5, 0.6) is 0 Å². The molecule has 0 aromatic heterocycles. The van der Waals surface area contributed by atoms with Crippen LogP contribution in [-0.4, -0.2) is 11.8 Å². The molecule has 0 fully saturated rings. The van der Waals surface area contributed by atoms with Crippen LogP contribution in [0.15, 0.2) is 17.0 Å². The van der Waals surface area contributed by atoms with E-state index in [0.29, 0.717) is 10.7 Å². The van der Waals surface area contributed by atoms with Crippen LogP contribution >= 0.6 is 11.8 Å². The first-order chi connectivity index (χ1) is 7.39. The molecule has 1 N–H and O–H groups in total. The summed E-state index contributed by atoms with van der Waals surface area (Å²) in [5.41, 5.74) is 4.48. The summed E-state index contributed by atoms with van der Waals surface area (Å²) in [6.45, 7) is 12.4. The highest BCUT2D eigenvalue weighted by atomic mass is 32.2. The van der Waals surface area contributed by atoms with E-state index >= 15 is 0 Å². The Labute approximate surface area is 103 Å². The average Bonchev–Trinajstić information content (AvgIpc) is 2.22. The highest BCUT2D eigenvalue weighted by Gasteiger charge is 2.29. The number of hydrogen-bond acceptors (Lipinski definition) is 2. The number of benzene rings is 1. The lowest BCUT2D eigenvalue weighted by Crippen LogP contribution is -2.33. The minimum Gasteiger partial charge on any atom is -0.383 e. The van der Waals surface area contributed by atoms with Crippen molar-refractivity contribution < 1.29 is 0 Å². The molecule has 1 heterocycles. The topological polar surface area (TPSA) is 12.0 Å². The zero-order valence-corrected chi connectivity index (χ0v) is 11.7. The van der Waals surface area contributed by atoms with Crippen molar-refractivity contribution in [2.45, 2.75) is 44.8 Å². The number of thioether (sulfide) groups is 1. The van der Waals surface area contributed by atoms with E-state index in [1.54, 1.807) is 0 Å². The first kappa shape index (κ1) is 11.8. The molecule has 0 saturated carbocycles. The second-order valence-electron chi connectivity index (χ2n) is 5.73. The molecule has 1 aromatic rings. The van der Waals surface area contributed by atoms with Crippen molar-refractivity contribution in [1.82, 2.24) is 0 Å². The van der Waals surface area contributed by atoms with Crippen LogP contribution in [0.2, 0.25) is 0 Å². The lowest BCUT2D eigenvalue weighted by Gasteiger charge is -2.35. The predicted octanol–water partition coefficient (Wildman–Crippen LogP) is 4.24. The van der Waals surface area contributed by atoms with Crippen LogP contribution in [0.3, 0.4) is 0 Å². The summed E-state index contributed by atoms with van der Waals surface area (Å²) in [5.74, 6) is 0. The summed E-state index contributed by atoms with van der Waals surface area (Å²) >= 11 is 2.02. The van der Waals surface area contributed by atoms with Gasteiger partial charge in [-0.15, -0.1) is 11.8 Å². The molecule has 0 amide bonds. The van der Waals surface area contributed by atoms with Crippen LogP contribution in [0.25, 0.3) is 0 Å². The van der Waals surface area contributed by atoms with Gasteiger partial charge in [0.05, 0.1) is 5.69 Å². The molecule has 1 aliphatic heterocycles. The van der Waals surface area contributed by atoms with Crippen LogP contribution in [0.1, 0.15) is 31.9 Å². The normalized spacial score (nSPS) is 20.2. The largest absolute Gasteiger partial charge is 0.383 e. The number of rotatable bonds is 0.